The number of pyridine rings is 1. The number of benzene rings is 3. The summed E-state index contributed by atoms with van der Waals surface area (Å²) in [4.78, 5) is 18.6. The van der Waals surface area contributed by atoms with Crippen molar-refractivity contribution in [2.75, 3.05) is 36.2 Å². The minimum absolute atomic E-state index is 0. The van der Waals surface area contributed by atoms with Crippen LogP contribution < -0.4 is 31.0 Å². The highest BCUT2D eigenvalue weighted by Gasteiger charge is 2.19. The molecular formula is C28H29N5O3. The second kappa shape index (κ2) is 9.77. The molecule has 36 heavy (non-hydrogen) atoms. The van der Waals surface area contributed by atoms with Crippen molar-refractivity contribution < 1.29 is 10.9 Å². The molecule has 3 N–H and O–H groups in total. The van der Waals surface area contributed by atoms with E-state index in [4.69, 9.17) is 9.47 Å². The van der Waals surface area contributed by atoms with E-state index in [1.807, 2.05) is 84.0 Å². The van der Waals surface area contributed by atoms with Crippen molar-refractivity contribution >= 4 is 28.1 Å². The fourth-order valence-electron chi connectivity index (χ4n) is 4.49. The predicted octanol–water partition coefficient (Wildman–Crippen LogP) is 4.02. The number of hydrogen-bond acceptors (Lipinski definition) is 7. The molecule has 3 heterocycles. The number of aromatic nitrogens is 1. The van der Waals surface area contributed by atoms with Gasteiger partial charge in [-0.25, -0.2) is 0 Å². The first-order chi connectivity index (χ1) is 17.7. The Kier molecular flexibility index (Phi) is 6.03. The Balaban J connectivity index is 0.00000280. The van der Waals surface area contributed by atoms with Gasteiger partial charge in [0.2, 0.25) is 0 Å². The third-order valence-electron chi connectivity index (χ3n) is 6.43. The van der Waals surface area contributed by atoms with Crippen LogP contribution in [0.2, 0.25) is 0 Å². The van der Waals surface area contributed by atoms with E-state index in [2.05, 4.69) is 20.8 Å². The Bertz CT molecular complexity index is 1450. The minimum atomic E-state index is 0. The number of ether oxygens (including phenoxy) is 2. The highest BCUT2D eigenvalue weighted by Crippen LogP contribution is 2.27. The van der Waals surface area contributed by atoms with E-state index in [0.717, 1.165) is 52.7 Å². The maximum absolute atomic E-state index is 12.9. The molecule has 0 saturated carbocycles. The standard InChI is InChI=1S/C28H27N5O3.H2/c34-26-17-27(32-13-15-35-16-14-32)29-28-23(7-4-8-24(26)28)25-18-33(31-30-25)21-9-11-22(12-10-21)36-19-20-5-2-1-3-6-20;/h1-12,17-18,30-31H,13-16,19H2,(H,29,34);1H. The number of anilines is 2. The van der Waals surface area contributed by atoms with Gasteiger partial charge in [-0.1, -0.05) is 42.5 Å². The Morgan fingerprint density at radius 2 is 1.75 bits per heavy atom. The van der Waals surface area contributed by atoms with Gasteiger partial charge in [0, 0.05) is 37.7 Å². The Morgan fingerprint density at radius 1 is 0.944 bits per heavy atom. The van der Waals surface area contributed by atoms with Crippen molar-refractivity contribution in [3.63, 3.8) is 0 Å². The molecular weight excluding hydrogens is 454 g/mol. The van der Waals surface area contributed by atoms with Crippen LogP contribution in [0.3, 0.4) is 0 Å². The molecule has 0 spiro atoms. The lowest BCUT2D eigenvalue weighted by Gasteiger charge is -2.28. The van der Waals surface area contributed by atoms with Crippen LogP contribution in [0.5, 0.6) is 5.75 Å². The average molecular weight is 484 g/mol. The maximum Gasteiger partial charge on any atom is 0.191 e. The molecule has 184 valence electrons. The normalized spacial score (nSPS) is 15.6. The lowest BCUT2D eigenvalue weighted by molar-refractivity contribution is 0.122. The molecule has 1 saturated heterocycles. The summed E-state index contributed by atoms with van der Waals surface area (Å²) < 4.78 is 11.4. The smallest absolute Gasteiger partial charge is 0.191 e. The maximum atomic E-state index is 12.9. The first-order valence-corrected chi connectivity index (χ1v) is 12.0. The summed E-state index contributed by atoms with van der Waals surface area (Å²) in [6.45, 7) is 3.35. The Morgan fingerprint density at radius 3 is 2.56 bits per heavy atom. The van der Waals surface area contributed by atoms with Crippen LogP contribution >= 0.6 is 0 Å². The third kappa shape index (κ3) is 4.51. The molecule has 0 aliphatic carbocycles. The Labute approximate surface area is 210 Å². The second-order valence-corrected chi connectivity index (χ2v) is 8.76. The summed E-state index contributed by atoms with van der Waals surface area (Å²) in [6.07, 6.45) is 1.98. The quantitative estimate of drug-likeness (QED) is 0.382. The molecule has 4 aromatic rings. The van der Waals surface area contributed by atoms with Crippen LogP contribution in [-0.4, -0.2) is 31.3 Å². The number of nitrogens with zero attached hydrogens (tertiary/aromatic N) is 2. The van der Waals surface area contributed by atoms with Gasteiger partial charge in [0.1, 0.15) is 18.2 Å². The number of morpholine rings is 1. The third-order valence-corrected chi connectivity index (χ3v) is 6.43. The molecule has 0 amide bonds. The van der Waals surface area contributed by atoms with Gasteiger partial charge in [-0.05, 0) is 35.9 Å². The topological polar surface area (TPSA) is 81.9 Å². The van der Waals surface area contributed by atoms with E-state index in [1.165, 1.54) is 0 Å². The number of aromatic amines is 1. The molecule has 3 aromatic carbocycles. The molecule has 2 aliphatic heterocycles. The van der Waals surface area contributed by atoms with Gasteiger partial charge in [-0.2, -0.15) is 0 Å². The summed E-state index contributed by atoms with van der Waals surface area (Å²) in [6, 6.07) is 25.5. The van der Waals surface area contributed by atoms with Crippen molar-refractivity contribution in [2.24, 2.45) is 0 Å². The molecule has 6 rings (SSSR count). The van der Waals surface area contributed by atoms with Gasteiger partial charge in [-0.3, -0.25) is 9.80 Å². The van der Waals surface area contributed by atoms with Gasteiger partial charge >= 0.3 is 0 Å². The van der Waals surface area contributed by atoms with E-state index < -0.39 is 0 Å². The van der Waals surface area contributed by atoms with Crippen molar-refractivity contribution in [3.05, 3.63) is 106 Å². The van der Waals surface area contributed by atoms with E-state index >= 15 is 0 Å². The van der Waals surface area contributed by atoms with Crippen LogP contribution in [0.15, 0.2) is 89.9 Å². The zero-order chi connectivity index (χ0) is 24.3. The van der Waals surface area contributed by atoms with Gasteiger partial charge in [0.15, 0.2) is 5.43 Å². The number of rotatable bonds is 6. The fraction of sp³-hybridized carbons (Fsp3) is 0.179. The average Bonchev–Trinajstić information content (AvgIpc) is 3.43. The molecule has 0 unspecified atom stereocenters. The first-order valence-electron chi connectivity index (χ1n) is 12.0. The largest absolute Gasteiger partial charge is 0.489 e. The van der Waals surface area contributed by atoms with Crippen LogP contribution in [0.1, 0.15) is 12.6 Å². The lowest BCUT2D eigenvalue weighted by Crippen LogP contribution is -2.37. The van der Waals surface area contributed by atoms with Crippen molar-refractivity contribution in [1.82, 2.24) is 15.9 Å². The minimum Gasteiger partial charge on any atom is -0.489 e. The van der Waals surface area contributed by atoms with E-state index in [9.17, 15) is 4.79 Å². The Hall–Kier alpha value is -4.27. The van der Waals surface area contributed by atoms with Crippen molar-refractivity contribution in [2.45, 2.75) is 6.61 Å². The van der Waals surface area contributed by atoms with Crippen molar-refractivity contribution in [3.8, 4) is 5.75 Å². The SMILES string of the molecule is O=c1cc(N2CCOCC2)[nH]c2c(C3=CN(c4ccc(OCc5ccccc5)cc4)NN3)cccc12.[HH]. The molecule has 1 fully saturated rings. The molecule has 8 nitrogen and oxygen atoms in total. The highest BCUT2D eigenvalue weighted by molar-refractivity contribution is 5.92. The predicted molar refractivity (Wildman–Crippen MR) is 144 cm³/mol. The second-order valence-electron chi connectivity index (χ2n) is 8.76. The number of nitrogens with one attached hydrogen (secondary N) is 3. The summed E-state index contributed by atoms with van der Waals surface area (Å²) >= 11 is 0. The van der Waals surface area contributed by atoms with Crippen LogP contribution in [0, 0.1) is 0 Å². The van der Waals surface area contributed by atoms with E-state index in [1.54, 1.807) is 6.07 Å². The number of H-pyrrole nitrogens is 1. The molecule has 2 aliphatic rings. The first kappa shape index (κ1) is 22.2. The molecule has 8 heteroatoms. The van der Waals surface area contributed by atoms with E-state index in [-0.39, 0.29) is 6.86 Å². The number of hydrazine groups is 2. The van der Waals surface area contributed by atoms with Crippen LogP contribution in [0.25, 0.3) is 16.6 Å². The monoisotopic (exact) mass is 483 g/mol. The van der Waals surface area contributed by atoms with Gasteiger partial charge in [0.25, 0.3) is 0 Å². The lowest BCUT2D eigenvalue weighted by atomic mass is 10.1. The molecule has 0 radical (unpaired) electrons. The molecule has 0 atom stereocenters. The summed E-state index contributed by atoms with van der Waals surface area (Å²) in [5.74, 6) is 1.62. The highest BCUT2D eigenvalue weighted by atomic mass is 16.5. The molecule has 1 aromatic heterocycles. The van der Waals surface area contributed by atoms with E-state index in [0.29, 0.717) is 25.2 Å². The fourth-order valence-corrected chi connectivity index (χ4v) is 4.49. The number of para-hydroxylation sites is 1. The zero-order valence-electron chi connectivity index (χ0n) is 19.7. The van der Waals surface area contributed by atoms with Crippen LogP contribution in [0.4, 0.5) is 11.5 Å². The summed E-state index contributed by atoms with van der Waals surface area (Å²) in [7, 11) is 0. The summed E-state index contributed by atoms with van der Waals surface area (Å²) in [5, 5.41) is 2.56. The van der Waals surface area contributed by atoms with Gasteiger partial charge in [-0.15, -0.1) is 5.53 Å². The van der Waals surface area contributed by atoms with Gasteiger partial charge in [0.05, 0.1) is 30.1 Å². The van der Waals surface area contributed by atoms with Crippen molar-refractivity contribution in [1.29, 1.82) is 0 Å². The van der Waals surface area contributed by atoms with Gasteiger partial charge < -0.3 is 24.8 Å². The molecule has 0 bridgehead atoms. The number of hydrogen-bond donors (Lipinski definition) is 3. The zero-order valence-corrected chi connectivity index (χ0v) is 19.7. The number of fused-ring (bicyclic) bond motifs is 1. The van der Waals surface area contributed by atoms with Crippen LogP contribution in [-0.2, 0) is 11.3 Å². The summed E-state index contributed by atoms with van der Waals surface area (Å²) in [5.41, 5.74) is 11.1.